The Morgan fingerprint density at radius 1 is 1.60 bits per heavy atom. The van der Waals surface area contributed by atoms with Gasteiger partial charge in [-0.25, -0.2) is 9.69 Å². The highest BCUT2D eigenvalue weighted by Gasteiger charge is 2.09. The average molecular weight is 166 g/mol. The summed E-state index contributed by atoms with van der Waals surface area (Å²) in [4.78, 5) is 20.9. The van der Waals surface area contributed by atoms with Crippen LogP contribution in [0.5, 0.6) is 0 Å². The summed E-state index contributed by atoms with van der Waals surface area (Å²) in [6, 6.07) is 0. The van der Waals surface area contributed by atoms with E-state index in [0.29, 0.717) is 4.90 Å². The summed E-state index contributed by atoms with van der Waals surface area (Å²) < 4.78 is 0. The van der Waals surface area contributed by atoms with E-state index in [1.54, 1.807) is 0 Å². The van der Waals surface area contributed by atoms with Gasteiger partial charge in [0.15, 0.2) is 0 Å². The Morgan fingerprint density at radius 3 is 2.10 bits per heavy atom. The summed E-state index contributed by atoms with van der Waals surface area (Å²) in [6.07, 6.45) is -0.339. The molecule has 0 rings (SSSR count). The molecule has 58 valence electrons. The number of imide groups is 1. The number of nitrogens with zero attached hydrogens (tertiary/aromatic N) is 1. The standard InChI is InChI=1S/C5H7NO3.ClH/c1-3-4(7)6(2)5(8)9;/h3H,1H2,2H3,(H,8,9);1H. The van der Waals surface area contributed by atoms with E-state index in [1.165, 1.54) is 0 Å². The summed E-state index contributed by atoms with van der Waals surface area (Å²) in [7, 11) is 1.16. The zero-order valence-corrected chi connectivity index (χ0v) is 6.22. The van der Waals surface area contributed by atoms with E-state index in [0.717, 1.165) is 13.1 Å². The van der Waals surface area contributed by atoms with Crippen LogP contribution in [0.4, 0.5) is 4.79 Å². The topological polar surface area (TPSA) is 57.6 Å². The molecule has 0 saturated heterocycles. The second-order valence-electron chi connectivity index (χ2n) is 1.38. The van der Waals surface area contributed by atoms with Crippen LogP contribution in [-0.2, 0) is 4.79 Å². The number of carboxylic acid groups (broad SMARTS) is 1. The molecule has 0 aliphatic rings. The first-order valence-electron chi connectivity index (χ1n) is 2.22. The number of rotatable bonds is 1. The number of amides is 2. The molecule has 0 radical (unpaired) electrons. The van der Waals surface area contributed by atoms with Crippen molar-refractivity contribution in [1.82, 2.24) is 4.90 Å². The van der Waals surface area contributed by atoms with Crippen LogP contribution in [0.25, 0.3) is 0 Å². The summed E-state index contributed by atoms with van der Waals surface area (Å²) in [5, 5.41) is 8.14. The maximum Gasteiger partial charge on any atom is 0.414 e. The first-order valence-corrected chi connectivity index (χ1v) is 2.22. The number of likely N-dealkylation sites (N-methyl/N-ethyl adjacent to an activating group) is 1. The molecule has 4 nitrogen and oxygen atoms in total. The fourth-order valence-corrected chi connectivity index (χ4v) is 0.231. The lowest BCUT2D eigenvalue weighted by Gasteiger charge is -2.05. The smallest absolute Gasteiger partial charge is 0.414 e. The van der Waals surface area contributed by atoms with Crippen LogP contribution in [-0.4, -0.2) is 29.1 Å². The number of hydrogen-bond donors (Lipinski definition) is 1. The van der Waals surface area contributed by atoms with Gasteiger partial charge >= 0.3 is 6.09 Å². The zero-order valence-electron chi connectivity index (χ0n) is 5.40. The van der Waals surface area contributed by atoms with Gasteiger partial charge in [0.2, 0.25) is 0 Å². The predicted octanol–water partition coefficient (Wildman–Crippen LogP) is 0.731. The van der Waals surface area contributed by atoms with Gasteiger partial charge in [-0.15, -0.1) is 12.4 Å². The molecule has 0 atom stereocenters. The Balaban J connectivity index is 0. The van der Waals surface area contributed by atoms with E-state index in [-0.39, 0.29) is 12.4 Å². The largest absolute Gasteiger partial charge is 0.465 e. The lowest BCUT2D eigenvalue weighted by molar-refractivity contribution is -0.122. The molecule has 0 spiro atoms. The summed E-state index contributed by atoms with van der Waals surface area (Å²) in [5.74, 6) is -0.623. The Kier molecular flexibility index (Phi) is 5.64. The first kappa shape index (κ1) is 11.7. The van der Waals surface area contributed by atoms with E-state index in [2.05, 4.69) is 6.58 Å². The van der Waals surface area contributed by atoms with Crippen molar-refractivity contribution in [3.05, 3.63) is 12.7 Å². The second-order valence-corrected chi connectivity index (χ2v) is 1.38. The van der Waals surface area contributed by atoms with Gasteiger partial charge < -0.3 is 5.11 Å². The van der Waals surface area contributed by atoms with Crippen molar-refractivity contribution < 1.29 is 14.7 Å². The Bertz CT molecular complexity index is 157. The van der Waals surface area contributed by atoms with Crippen molar-refractivity contribution >= 4 is 24.4 Å². The van der Waals surface area contributed by atoms with E-state index in [9.17, 15) is 9.59 Å². The first-order chi connectivity index (χ1) is 4.09. The molecule has 10 heavy (non-hydrogen) atoms. The van der Waals surface area contributed by atoms with Crippen LogP contribution in [0.2, 0.25) is 0 Å². The minimum absolute atomic E-state index is 0. The molecule has 0 aliphatic carbocycles. The van der Waals surface area contributed by atoms with Crippen molar-refractivity contribution in [3.8, 4) is 0 Å². The predicted molar refractivity (Wildman–Crippen MR) is 38.2 cm³/mol. The molecule has 0 heterocycles. The van der Waals surface area contributed by atoms with Crippen LogP contribution < -0.4 is 0 Å². The van der Waals surface area contributed by atoms with Gasteiger partial charge in [-0.1, -0.05) is 6.58 Å². The summed E-state index contributed by atoms with van der Waals surface area (Å²) in [5.41, 5.74) is 0. The molecule has 2 amide bonds. The van der Waals surface area contributed by atoms with Gasteiger partial charge in [0.05, 0.1) is 0 Å². The molecule has 0 aromatic heterocycles. The van der Waals surface area contributed by atoms with Crippen molar-refractivity contribution in [2.45, 2.75) is 0 Å². The molecule has 0 unspecified atom stereocenters. The summed E-state index contributed by atoms with van der Waals surface area (Å²) in [6.45, 7) is 3.11. The van der Waals surface area contributed by atoms with Gasteiger partial charge in [0.25, 0.3) is 5.91 Å². The van der Waals surface area contributed by atoms with E-state index in [4.69, 9.17) is 5.11 Å². The quantitative estimate of drug-likeness (QED) is 0.583. The monoisotopic (exact) mass is 165 g/mol. The van der Waals surface area contributed by atoms with Crippen molar-refractivity contribution in [2.24, 2.45) is 0 Å². The molecule has 0 fully saturated rings. The van der Waals surface area contributed by atoms with E-state index < -0.39 is 12.0 Å². The SMILES string of the molecule is C=CC(=O)N(C)C(=O)O.Cl. The highest BCUT2D eigenvalue weighted by Crippen LogP contribution is 1.84. The van der Waals surface area contributed by atoms with Crippen molar-refractivity contribution in [2.75, 3.05) is 7.05 Å². The van der Waals surface area contributed by atoms with E-state index >= 15 is 0 Å². The molecule has 0 aromatic rings. The maximum atomic E-state index is 10.4. The van der Waals surface area contributed by atoms with Crippen LogP contribution in [0.3, 0.4) is 0 Å². The average Bonchev–Trinajstić information content (AvgIpc) is 1.84. The maximum absolute atomic E-state index is 10.4. The van der Waals surface area contributed by atoms with E-state index in [1.807, 2.05) is 0 Å². The number of carbonyl (C=O) groups is 2. The summed E-state index contributed by atoms with van der Waals surface area (Å²) >= 11 is 0. The number of carbonyl (C=O) groups excluding carboxylic acids is 1. The Hall–Kier alpha value is -1.03. The lowest BCUT2D eigenvalue weighted by Crippen LogP contribution is -2.29. The fraction of sp³-hybridized carbons (Fsp3) is 0.200. The van der Waals surface area contributed by atoms with Crippen LogP contribution in [0.15, 0.2) is 12.7 Å². The molecular weight excluding hydrogens is 158 g/mol. The lowest BCUT2D eigenvalue weighted by atomic mass is 10.5. The normalized spacial score (nSPS) is 7.30. The highest BCUT2D eigenvalue weighted by molar-refractivity contribution is 5.97. The Labute approximate surface area is 64.5 Å². The van der Waals surface area contributed by atoms with Gasteiger partial charge in [-0.3, -0.25) is 4.79 Å². The molecule has 1 N–H and O–H groups in total. The minimum atomic E-state index is -1.28. The third kappa shape index (κ3) is 3.09. The third-order valence-corrected chi connectivity index (χ3v) is 0.792. The number of halogens is 1. The molecular formula is C5H8ClNO3. The third-order valence-electron chi connectivity index (χ3n) is 0.792. The fourth-order valence-electron chi connectivity index (χ4n) is 0.231. The minimum Gasteiger partial charge on any atom is -0.465 e. The highest BCUT2D eigenvalue weighted by atomic mass is 35.5. The molecule has 5 heteroatoms. The molecule has 0 aromatic carbocycles. The molecule has 0 saturated carbocycles. The van der Waals surface area contributed by atoms with Crippen molar-refractivity contribution in [1.29, 1.82) is 0 Å². The molecule has 0 bridgehead atoms. The Morgan fingerprint density at radius 2 is 2.00 bits per heavy atom. The zero-order chi connectivity index (χ0) is 7.44. The van der Waals surface area contributed by atoms with Crippen LogP contribution >= 0.6 is 12.4 Å². The van der Waals surface area contributed by atoms with Crippen LogP contribution in [0, 0.1) is 0 Å². The second kappa shape index (κ2) is 4.81. The van der Waals surface area contributed by atoms with Gasteiger partial charge in [-0.05, 0) is 6.08 Å². The molecule has 0 aliphatic heterocycles. The van der Waals surface area contributed by atoms with Gasteiger partial charge in [0, 0.05) is 7.05 Å². The van der Waals surface area contributed by atoms with Gasteiger partial charge in [0.1, 0.15) is 0 Å². The van der Waals surface area contributed by atoms with Crippen molar-refractivity contribution in [3.63, 3.8) is 0 Å². The van der Waals surface area contributed by atoms with Crippen LogP contribution in [0.1, 0.15) is 0 Å². The van der Waals surface area contributed by atoms with Gasteiger partial charge in [-0.2, -0.15) is 0 Å². The number of hydrogen-bond acceptors (Lipinski definition) is 2.